The van der Waals surface area contributed by atoms with Crippen LogP contribution in [-0.4, -0.2) is 60.9 Å². The standard InChI is InChI=1S/C28H28ClF4N7O/c1-16-13-40(26-23-25(36-27(29)37-26)38(15-35-23)14-18-3-4-18)17(2)12-39(16)24(19-5-7-20(30)8-6-19)22-10-9-21(11-34-22)41-28(31,32)33/h5-11,15-18,24H,3-4,12-14H2,1-2H3/t16-,17+,24?/m1/s1. The number of imidazole rings is 1. The highest BCUT2D eigenvalue weighted by Gasteiger charge is 2.38. The monoisotopic (exact) mass is 589 g/mol. The first-order chi connectivity index (χ1) is 19.6. The first-order valence-electron chi connectivity index (χ1n) is 13.4. The second kappa shape index (κ2) is 10.7. The van der Waals surface area contributed by atoms with Crippen LogP contribution in [-0.2, 0) is 6.54 Å². The summed E-state index contributed by atoms with van der Waals surface area (Å²) in [5.41, 5.74) is 2.69. The van der Waals surface area contributed by atoms with E-state index in [1.807, 2.05) is 4.57 Å². The molecule has 4 aromatic rings. The molecule has 1 saturated carbocycles. The molecule has 0 radical (unpaired) electrons. The second-order valence-electron chi connectivity index (χ2n) is 10.8. The molecule has 4 heterocycles. The molecule has 0 bridgehead atoms. The first-order valence-corrected chi connectivity index (χ1v) is 13.8. The molecular formula is C28H28ClF4N7O. The topological polar surface area (TPSA) is 72.2 Å². The zero-order valence-electron chi connectivity index (χ0n) is 22.4. The van der Waals surface area contributed by atoms with Crippen molar-refractivity contribution in [3.05, 3.63) is 71.3 Å². The van der Waals surface area contributed by atoms with Gasteiger partial charge in [-0.3, -0.25) is 9.88 Å². The van der Waals surface area contributed by atoms with Crippen molar-refractivity contribution in [1.82, 2.24) is 29.4 Å². The van der Waals surface area contributed by atoms with Gasteiger partial charge in [-0.2, -0.15) is 9.97 Å². The highest BCUT2D eigenvalue weighted by molar-refractivity contribution is 6.28. The number of fused-ring (bicyclic) bond motifs is 1. The molecular weight excluding hydrogens is 562 g/mol. The van der Waals surface area contributed by atoms with Gasteiger partial charge in [0, 0.05) is 31.7 Å². The number of aromatic nitrogens is 5. The van der Waals surface area contributed by atoms with E-state index in [1.165, 1.54) is 37.1 Å². The van der Waals surface area contributed by atoms with Crippen molar-refractivity contribution < 1.29 is 22.3 Å². The lowest BCUT2D eigenvalue weighted by Gasteiger charge is -2.47. The van der Waals surface area contributed by atoms with E-state index in [-0.39, 0.29) is 23.2 Å². The summed E-state index contributed by atoms with van der Waals surface area (Å²) in [4.78, 5) is 22.4. The molecule has 216 valence electrons. The average Bonchev–Trinajstić information content (AvgIpc) is 3.65. The van der Waals surface area contributed by atoms with Gasteiger partial charge in [-0.25, -0.2) is 9.37 Å². The van der Waals surface area contributed by atoms with Crippen LogP contribution < -0.4 is 9.64 Å². The number of nitrogens with zero attached hydrogens (tertiary/aromatic N) is 7. The van der Waals surface area contributed by atoms with Gasteiger partial charge < -0.3 is 14.2 Å². The highest BCUT2D eigenvalue weighted by atomic mass is 35.5. The van der Waals surface area contributed by atoms with Crippen molar-refractivity contribution in [3.8, 4) is 5.75 Å². The summed E-state index contributed by atoms with van der Waals surface area (Å²) < 4.78 is 58.1. The number of ether oxygens (including phenoxy) is 1. The predicted octanol–water partition coefficient (Wildman–Crippen LogP) is 6.01. The van der Waals surface area contributed by atoms with Crippen molar-refractivity contribution in [1.29, 1.82) is 0 Å². The fourth-order valence-corrected chi connectivity index (χ4v) is 5.71. The fraction of sp³-hybridized carbons (Fsp3) is 0.429. The van der Waals surface area contributed by atoms with Gasteiger partial charge in [-0.15, -0.1) is 13.2 Å². The molecule has 0 spiro atoms. The van der Waals surface area contributed by atoms with Crippen LogP contribution in [0.3, 0.4) is 0 Å². The molecule has 8 nitrogen and oxygen atoms in total. The maximum atomic E-state index is 13.8. The minimum absolute atomic E-state index is 0.0512. The van der Waals surface area contributed by atoms with E-state index < -0.39 is 18.2 Å². The van der Waals surface area contributed by atoms with Gasteiger partial charge in [0.25, 0.3) is 0 Å². The number of hydrogen-bond donors (Lipinski definition) is 0. The van der Waals surface area contributed by atoms with Gasteiger partial charge in [0.15, 0.2) is 17.0 Å². The van der Waals surface area contributed by atoms with Gasteiger partial charge in [0.2, 0.25) is 5.28 Å². The number of hydrogen-bond acceptors (Lipinski definition) is 7. The lowest BCUT2D eigenvalue weighted by atomic mass is 9.96. The summed E-state index contributed by atoms with van der Waals surface area (Å²) in [6.45, 7) is 6.09. The van der Waals surface area contributed by atoms with E-state index >= 15 is 0 Å². The number of halogens is 5. The Morgan fingerprint density at radius 2 is 1.76 bits per heavy atom. The Morgan fingerprint density at radius 1 is 1.00 bits per heavy atom. The summed E-state index contributed by atoms with van der Waals surface area (Å²) in [7, 11) is 0. The molecule has 41 heavy (non-hydrogen) atoms. The Balaban J connectivity index is 1.31. The summed E-state index contributed by atoms with van der Waals surface area (Å²) in [5, 5.41) is 0.155. The summed E-state index contributed by atoms with van der Waals surface area (Å²) in [5.74, 6) is 0.513. The second-order valence-corrected chi connectivity index (χ2v) is 11.1. The number of alkyl halides is 3. The minimum Gasteiger partial charge on any atom is -0.404 e. The smallest absolute Gasteiger partial charge is 0.404 e. The predicted molar refractivity (Wildman–Crippen MR) is 145 cm³/mol. The molecule has 1 saturated heterocycles. The third-order valence-corrected chi connectivity index (χ3v) is 7.84. The van der Waals surface area contributed by atoms with E-state index in [0.29, 0.717) is 41.7 Å². The lowest BCUT2D eigenvalue weighted by molar-refractivity contribution is -0.274. The SMILES string of the molecule is C[C@@H]1CN(c2nc(Cl)nc3c2ncn3CC2CC2)[C@@H](C)CN1C(c1ccc(F)cc1)c1ccc(OC(F)(F)F)cn1. The van der Waals surface area contributed by atoms with Crippen molar-refractivity contribution in [3.63, 3.8) is 0 Å². The fourth-order valence-electron chi connectivity index (χ4n) is 5.55. The molecule has 2 aliphatic rings. The third kappa shape index (κ3) is 5.94. The Kier molecular flexibility index (Phi) is 7.23. The molecule has 1 unspecified atom stereocenters. The van der Waals surface area contributed by atoms with Gasteiger partial charge in [0.1, 0.15) is 11.6 Å². The number of pyridine rings is 1. The van der Waals surface area contributed by atoms with Crippen LogP contribution in [0.25, 0.3) is 11.2 Å². The highest BCUT2D eigenvalue weighted by Crippen LogP contribution is 2.37. The Labute approximate surface area is 238 Å². The van der Waals surface area contributed by atoms with Crippen molar-refractivity contribution in [2.45, 2.75) is 57.7 Å². The maximum absolute atomic E-state index is 13.8. The number of benzene rings is 1. The molecule has 1 aliphatic carbocycles. The number of rotatable bonds is 7. The zero-order chi connectivity index (χ0) is 28.9. The summed E-state index contributed by atoms with van der Waals surface area (Å²) >= 11 is 6.39. The van der Waals surface area contributed by atoms with Crippen LogP contribution in [0.1, 0.15) is 44.0 Å². The van der Waals surface area contributed by atoms with Crippen LogP contribution in [0.2, 0.25) is 5.28 Å². The van der Waals surface area contributed by atoms with E-state index in [1.54, 1.807) is 18.5 Å². The van der Waals surface area contributed by atoms with Gasteiger partial charge in [-0.1, -0.05) is 12.1 Å². The Bertz CT molecular complexity index is 1530. The van der Waals surface area contributed by atoms with Crippen LogP contribution >= 0.6 is 11.6 Å². The largest absolute Gasteiger partial charge is 0.573 e. The van der Waals surface area contributed by atoms with Crippen molar-refractivity contribution in [2.24, 2.45) is 5.92 Å². The molecule has 13 heteroatoms. The van der Waals surface area contributed by atoms with Crippen molar-refractivity contribution >= 4 is 28.6 Å². The number of anilines is 1. The van der Waals surface area contributed by atoms with Crippen LogP contribution in [0, 0.1) is 11.7 Å². The maximum Gasteiger partial charge on any atom is 0.573 e. The summed E-state index contributed by atoms with van der Waals surface area (Å²) in [6.07, 6.45) is 0.433. The van der Waals surface area contributed by atoms with Gasteiger partial charge in [0.05, 0.1) is 24.3 Å². The van der Waals surface area contributed by atoms with Crippen LogP contribution in [0.5, 0.6) is 5.75 Å². The van der Waals surface area contributed by atoms with Gasteiger partial charge in [-0.05, 0) is 74.0 Å². The van der Waals surface area contributed by atoms with E-state index in [2.05, 4.69) is 48.3 Å². The molecule has 0 N–H and O–H groups in total. The lowest BCUT2D eigenvalue weighted by Crippen LogP contribution is -2.57. The zero-order valence-corrected chi connectivity index (χ0v) is 23.1. The van der Waals surface area contributed by atoms with E-state index in [4.69, 9.17) is 11.6 Å². The molecule has 2 fully saturated rings. The normalized spacial score (nSPS) is 20.9. The Morgan fingerprint density at radius 3 is 2.41 bits per heavy atom. The van der Waals surface area contributed by atoms with Gasteiger partial charge >= 0.3 is 6.36 Å². The molecule has 1 aromatic carbocycles. The first kappa shape index (κ1) is 27.6. The average molecular weight is 590 g/mol. The summed E-state index contributed by atoms with van der Waals surface area (Å²) in [6, 6.07) is 8.28. The number of piperazine rings is 1. The van der Waals surface area contributed by atoms with E-state index in [0.717, 1.165) is 18.3 Å². The van der Waals surface area contributed by atoms with Crippen molar-refractivity contribution in [2.75, 3.05) is 18.0 Å². The van der Waals surface area contributed by atoms with Crippen LogP contribution in [0.4, 0.5) is 23.4 Å². The quantitative estimate of drug-likeness (QED) is 0.193. The minimum atomic E-state index is -4.82. The third-order valence-electron chi connectivity index (χ3n) is 7.67. The van der Waals surface area contributed by atoms with Crippen LogP contribution in [0.15, 0.2) is 48.9 Å². The molecule has 3 atom stereocenters. The molecule has 1 aliphatic heterocycles. The molecule has 6 rings (SSSR count). The van der Waals surface area contributed by atoms with E-state index in [9.17, 15) is 17.6 Å². The molecule has 3 aromatic heterocycles. The molecule has 0 amide bonds. The Hall–Kier alpha value is -3.51.